The largest absolute Gasteiger partial charge is 0.416 e. The number of alkyl halides is 3. The first-order valence-electron chi connectivity index (χ1n) is 11.1. The van der Waals surface area contributed by atoms with E-state index in [9.17, 15) is 26.4 Å². The number of anilines is 1. The molecule has 3 heterocycles. The molecule has 0 saturated carbocycles. The molecule has 1 amide bonds. The molecule has 13 heteroatoms. The van der Waals surface area contributed by atoms with Crippen LogP contribution in [0.2, 0.25) is 0 Å². The molecule has 0 radical (unpaired) electrons. The third-order valence-corrected chi connectivity index (χ3v) is 6.39. The van der Waals surface area contributed by atoms with Crippen molar-refractivity contribution in [3.8, 4) is 11.1 Å². The predicted octanol–water partition coefficient (Wildman–Crippen LogP) is 3.43. The van der Waals surface area contributed by atoms with Gasteiger partial charge in [-0.15, -0.1) is 0 Å². The van der Waals surface area contributed by atoms with E-state index in [-0.39, 0.29) is 17.8 Å². The van der Waals surface area contributed by atoms with E-state index in [1.165, 1.54) is 23.4 Å². The summed E-state index contributed by atoms with van der Waals surface area (Å²) in [6, 6.07) is 7.37. The SMILES string of the molecule is Cc1ccc(-c2ccc(CN3CCN(C(=O)n4cc(NS(C)(=O)=O)cn4)CC3)c(C(F)(F)F)c2)cn1. The normalized spacial score (nSPS) is 15.2. The molecule has 0 atom stereocenters. The number of nitrogens with zero attached hydrogens (tertiary/aromatic N) is 5. The molecule has 192 valence electrons. The summed E-state index contributed by atoms with van der Waals surface area (Å²) < 4.78 is 67.6. The molecule has 1 aromatic carbocycles. The Morgan fingerprint density at radius 3 is 2.36 bits per heavy atom. The molecule has 0 spiro atoms. The Labute approximate surface area is 206 Å². The third-order valence-electron chi connectivity index (χ3n) is 5.78. The van der Waals surface area contributed by atoms with Crippen molar-refractivity contribution in [2.45, 2.75) is 19.6 Å². The standard InChI is InChI=1S/C23H25F3N6O3S/c1-16-3-4-18(12-27-16)17-5-6-19(21(11-17)23(24,25)26)14-30-7-9-31(10-8-30)22(33)32-15-20(13-28-32)29-36(2,34)35/h3-6,11-13,15,29H,7-10,14H2,1-2H3. The summed E-state index contributed by atoms with van der Waals surface area (Å²) in [5, 5.41) is 3.89. The van der Waals surface area contributed by atoms with Crippen LogP contribution in [0.1, 0.15) is 16.8 Å². The van der Waals surface area contributed by atoms with Crippen LogP contribution in [0.5, 0.6) is 0 Å². The quantitative estimate of drug-likeness (QED) is 0.551. The fourth-order valence-electron chi connectivity index (χ4n) is 3.97. The van der Waals surface area contributed by atoms with Crippen molar-refractivity contribution < 1.29 is 26.4 Å². The number of sulfonamides is 1. The van der Waals surface area contributed by atoms with Gasteiger partial charge in [-0.3, -0.25) is 14.6 Å². The number of carbonyl (C=O) groups is 1. The van der Waals surface area contributed by atoms with E-state index in [0.717, 1.165) is 22.7 Å². The lowest BCUT2D eigenvalue weighted by atomic mass is 9.99. The van der Waals surface area contributed by atoms with E-state index in [2.05, 4.69) is 14.8 Å². The lowest BCUT2D eigenvalue weighted by molar-refractivity contribution is -0.138. The Bertz CT molecular complexity index is 1350. The minimum atomic E-state index is -4.51. The number of aryl methyl sites for hydroxylation is 1. The van der Waals surface area contributed by atoms with Crippen molar-refractivity contribution >= 4 is 21.7 Å². The van der Waals surface area contributed by atoms with Crippen LogP contribution in [0, 0.1) is 6.92 Å². The number of hydrogen-bond donors (Lipinski definition) is 1. The van der Waals surface area contributed by atoms with Gasteiger partial charge in [-0.1, -0.05) is 18.2 Å². The van der Waals surface area contributed by atoms with Gasteiger partial charge in [0.1, 0.15) is 0 Å². The highest BCUT2D eigenvalue weighted by molar-refractivity contribution is 7.92. The van der Waals surface area contributed by atoms with Crippen molar-refractivity contribution in [2.75, 3.05) is 37.2 Å². The minimum absolute atomic E-state index is 0.0908. The Kier molecular flexibility index (Phi) is 7.05. The molecule has 1 aliphatic heterocycles. The molecule has 3 aromatic rings. The number of amides is 1. The first-order valence-corrected chi connectivity index (χ1v) is 13.0. The van der Waals surface area contributed by atoms with Crippen LogP contribution in [0.3, 0.4) is 0 Å². The predicted molar refractivity (Wildman–Crippen MR) is 128 cm³/mol. The molecule has 36 heavy (non-hydrogen) atoms. The fraction of sp³-hybridized carbons (Fsp3) is 0.348. The number of rotatable bonds is 5. The second-order valence-electron chi connectivity index (χ2n) is 8.65. The van der Waals surface area contributed by atoms with E-state index < -0.39 is 27.8 Å². The molecule has 4 rings (SSSR count). The second-order valence-corrected chi connectivity index (χ2v) is 10.4. The average molecular weight is 523 g/mol. The zero-order chi connectivity index (χ0) is 26.1. The van der Waals surface area contributed by atoms with Gasteiger partial charge in [0.25, 0.3) is 0 Å². The van der Waals surface area contributed by atoms with Crippen LogP contribution in [-0.2, 0) is 22.7 Å². The number of halogens is 3. The van der Waals surface area contributed by atoms with E-state index in [0.29, 0.717) is 37.3 Å². The maximum atomic E-state index is 13.9. The van der Waals surface area contributed by atoms with Crippen LogP contribution in [0.15, 0.2) is 48.9 Å². The van der Waals surface area contributed by atoms with Crippen LogP contribution in [0.4, 0.5) is 23.7 Å². The molecule has 1 saturated heterocycles. The molecule has 9 nitrogen and oxygen atoms in total. The maximum absolute atomic E-state index is 13.9. The van der Waals surface area contributed by atoms with E-state index in [1.54, 1.807) is 24.4 Å². The molecule has 0 unspecified atom stereocenters. The summed E-state index contributed by atoms with van der Waals surface area (Å²) in [6.45, 7) is 3.24. The number of aromatic nitrogens is 3. The van der Waals surface area contributed by atoms with Crippen LogP contribution >= 0.6 is 0 Å². The average Bonchev–Trinajstić information content (AvgIpc) is 3.26. The number of hydrogen-bond acceptors (Lipinski definition) is 6. The van der Waals surface area contributed by atoms with Gasteiger partial charge in [0.05, 0.1) is 29.9 Å². The van der Waals surface area contributed by atoms with Crippen molar-refractivity contribution in [1.29, 1.82) is 0 Å². The number of carbonyl (C=O) groups excluding carboxylic acids is 1. The molecular formula is C23H25F3N6O3S. The lowest BCUT2D eigenvalue weighted by Gasteiger charge is -2.34. The molecule has 1 fully saturated rings. The summed E-state index contributed by atoms with van der Waals surface area (Å²) in [6.07, 6.45) is 0.531. The smallest absolute Gasteiger partial charge is 0.320 e. The van der Waals surface area contributed by atoms with E-state index in [4.69, 9.17) is 0 Å². The zero-order valence-corrected chi connectivity index (χ0v) is 20.5. The van der Waals surface area contributed by atoms with Gasteiger partial charge >= 0.3 is 12.2 Å². The molecule has 0 aliphatic carbocycles. The summed E-state index contributed by atoms with van der Waals surface area (Å²) >= 11 is 0. The van der Waals surface area contributed by atoms with Crippen molar-refractivity contribution in [3.05, 3.63) is 65.7 Å². The number of nitrogens with one attached hydrogen (secondary N) is 1. The highest BCUT2D eigenvalue weighted by Crippen LogP contribution is 2.35. The fourth-order valence-corrected chi connectivity index (χ4v) is 4.51. The molecular weight excluding hydrogens is 497 g/mol. The van der Waals surface area contributed by atoms with Crippen molar-refractivity contribution in [2.24, 2.45) is 0 Å². The Balaban J connectivity index is 1.42. The topological polar surface area (TPSA) is 100 Å². The van der Waals surface area contributed by atoms with Crippen molar-refractivity contribution in [1.82, 2.24) is 24.6 Å². The van der Waals surface area contributed by atoms with Crippen molar-refractivity contribution in [3.63, 3.8) is 0 Å². The third kappa shape index (κ3) is 6.21. The van der Waals surface area contributed by atoms with E-state index >= 15 is 0 Å². The highest BCUT2D eigenvalue weighted by atomic mass is 32.2. The van der Waals surface area contributed by atoms with Gasteiger partial charge < -0.3 is 4.90 Å². The first-order chi connectivity index (χ1) is 16.9. The van der Waals surface area contributed by atoms with Gasteiger partial charge in [0.15, 0.2) is 0 Å². The molecule has 0 bridgehead atoms. The summed E-state index contributed by atoms with van der Waals surface area (Å²) in [4.78, 5) is 20.2. The first kappa shape index (κ1) is 25.6. The molecule has 2 aromatic heterocycles. The molecule has 1 aliphatic rings. The minimum Gasteiger partial charge on any atom is -0.320 e. The second kappa shape index (κ2) is 9.90. The number of benzene rings is 1. The highest BCUT2D eigenvalue weighted by Gasteiger charge is 2.34. The Morgan fingerprint density at radius 2 is 1.75 bits per heavy atom. The Morgan fingerprint density at radius 1 is 1.06 bits per heavy atom. The van der Waals surface area contributed by atoms with Gasteiger partial charge in [-0.05, 0) is 30.2 Å². The van der Waals surface area contributed by atoms with Crippen LogP contribution in [-0.4, -0.2) is 71.4 Å². The van der Waals surface area contributed by atoms with Gasteiger partial charge in [-0.2, -0.15) is 23.0 Å². The van der Waals surface area contributed by atoms with Crippen LogP contribution in [0.25, 0.3) is 11.1 Å². The van der Waals surface area contributed by atoms with E-state index in [1.807, 2.05) is 11.8 Å². The van der Waals surface area contributed by atoms with Gasteiger partial charge in [-0.25, -0.2) is 13.2 Å². The van der Waals surface area contributed by atoms with Gasteiger partial charge in [0.2, 0.25) is 10.0 Å². The lowest BCUT2D eigenvalue weighted by Crippen LogP contribution is -2.49. The van der Waals surface area contributed by atoms with Gasteiger partial charge in [0, 0.05) is 50.2 Å². The number of piperazine rings is 1. The zero-order valence-electron chi connectivity index (χ0n) is 19.7. The van der Waals surface area contributed by atoms with Crippen LogP contribution < -0.4 is 4.72 Å². The molecule has 1 N–H and O–H groups in total. The number of pyridine rings is 1. The summed E-state index contributed by atoms with van der Waals surface area (Å²) in [5.74, 6) is 0. The Hall–Kier alpha value is -3.45. The monoisotopic (exact) mass is 522 g/mol. The maximum Gasteiger partial charge on any atom is 0.416 e. The summed E-state index contributed by atoms with van der Waals surface area (Å²) in [5.41, 5.74) is 1.46. The summed E-state index contributed by atoms with van der Waals surface area (Å²) in [7, 11) is -3.50.